The van der Waals surface area contributed by atoms with Gasteiger partial charge >= 0.3 is 0 Å². The van der Waals surface area contributed by atoms with Gasteiger partial charge in [0.05, 0.1) is 29.6 Å². The number of morpholine rings is 1. The smallest absolute Gasteiger partial charge is 0.293 e. The van der Waals surface area contributed by atoms with Crippen LogP contribution >= 0.6 is 11.8 Å². The topological polar surface area (TPSA) is 93.0 Å². The van der Waals surface area contributed by atoms with E-state index in [1.807, 2.05) is 47.4 Å². The number of nitrogens with zero attached hydrogens (tertiary/aromatic N) is 3. The number of carbonyl (C=O) groups excluding carboxylic acids is 2. The van der Waals surface area contributed by atoms with E-state index in [1.165, 1.54) is 11.0 Å². The number of benzene rings is 3. The molecule has 34 heavy (non-hydrogen) atoms. The molecule has 2 saturated heterocycles. The molecule has 0 aromatic heterocycles. The second-order valence-corrected chi connectivity index (χ2v) is 9.05. The van der Waals surface area contributed by atoms with E-state index >= 15 is 0 Å². The zero-order chi connectivity index (χ0) is 23.7. The molecule has 0 unspecified atom stereocenters. The molecule has 3 aromatic carbocycles. The van der Waals surface area contributed by atoms with E-state index in [9.17, 15) is 19.7 Å². The highest BCUT2D eigenvalue weighted by Crippen LogP contribution is 2.36. The van der Waals surface area contributed by atoms with Crippen molar-refractivity contribution in [2.24, 2.45) is 0 Å². The van der Waals surface area contributed by atoms with Crippen LogP contribution in [0, 0.1) is 10.1 Å². The molecule has 2 amide bonds. The average molecular weight is 476 g/mol. The minimum atomic E-state index is -0.423. The lowest BCUT2D eigenvalue weighted by Crippen LogP contribution is -2.36. The van der Waals surface area contributed by atoms with Crippen LogP contribution in [0.15, 0.2) is 65.6 Å². The van der Waals surface area contributed by atoms with Crippen LogP contribution in [0.2, 0.25) is 0 Å². The van der Waals surface area contributed by atoms with Crippen molar-refractivity contribution in [1.29, 1.82) is 0 Å². The summed E-state index contributed by atoms with van der Waals surface area (Å²) in [6.07, 6.45) is 1.54. The van der Waals surface area contributed by atoms with Gasteiger partial charge in [0.1, 0.15) is 5.69 Å². The number of nitro benzene ring substituents is 1. The van der Waals surface area contributed by atoms with Crippen molar-refractivity contribution in [2.45, 2.75) is 6.54 Å². The first-order valence-electron chi connectivity index (χ1n) is 10.8. The zero-order valence-electron chi connectivity index (χ0n) is 18.2. The number of hydrogen-bond donors (Lipinski definition) is 0. The van der Waals surface area contributed by atoms with Crippen molar-refractivity contribution >= 4 is 51.1 Å². The number of fused-ring (bicyclic) bond motifs is 1. The van der Waals surface area contributed by atoms with Crippen LogP contribution in [-0.4, -0.2) is 47.3 Å². The van der Waals surface area contributed by atoms with E-state index in [2.05, 4.69) is 0 Å². The van der Waals surface area contributed by atoms with Crippen molar-refractivity contribution in [3.8, 4) is 0 Å². The van der Waals surface area contributed by atoms with Crippen molar-refractivity contribution in [1.82, 2.24) is 4.90 Å². The van der Waals surface area contributed by atoms with Crippen LogP contribution in [0.25, 0.3) is 16.8 Å². The van der Waals surface area contributed by atoms with Crippen LogP contribution in [0.4, 0.5) is 16.2 Å². The number of anilines is 1. The molecule has 8 nitrogen and oxygen atoms in total. The fourth-order valence-corrected chi connectivity index (χ4v) is 4.99. The standard InChI is InChI=1S/C25H21N3O5S/c29-24-23(15-17-6-8-21(22(14-17)28(31)32)26-9-11-33-12-10-26)34-25(30)27(24)16-18-5-7-19-3-1-2-4-20(19)13-18/h1-8,13-15H,9-12,16H2/b23-15-. The summed E-state index contributed by atoms with van der Waals surface area (Å²) in [5.74, 6) is -0.400. The predicted molar refractivity (Wildman–Crippen MR) is 132 cm³/mol. The van der Waals surface area contributed by atoms with Crippen molar-refractivity contribution < 1.29 is 19.2 Å². The number of ether oxygens (including phenoxy) is 1. The van der Waals surface area contributed by atoms with Gasteiger partial charge in [0.25, 0.3) is 16.8 Å². The summed E-state index contributed by atoms with van der Waals surface area (Å²) in [5, 5.41) is 13.5. The number of imide groups is 1. The van der Waals surface area contributed by atoms with Crippen molar-refractivity contribution in [3.63, 3.8) is 0 Å². The second kappa shape index (κ2) is 9.28. The zero-order valence-corrected chi connectivity index (χ0v) is 19.0. The SMILES string of the molecule is O=C1S/C(=C\c2ccc(N3CCOCC3)c([N+](=O)[O-])c2)C(=O)N1Cc1ccc2ccccc2c1. The van der Waals surface area contributed by atoms with Crippen LogP contribution in [0.1, 0.15) is 11.1 Å². The van der Waals surface area contributed by atoms with Gasteiger partial charge in [-0.2, -0.15) is 0 Å². The van der Waals surface area contributed by atoms with Gasteiger partial charge in [0.2, 0.25) is 0 Å². The highest BCUT2D eigenvalue weighted by atomic mass is 32.2. The minimum absolute atomic E-state index is 0.0361. The van der Waals surface area contributed by atoms with Gasteiger partial charge in [0.15, 0.2) is 0 Å². The van der Waals surface area contributed by atoms with E-state index in [0.717, 1.165) is 28.1 Å². The first-order chi connectivity index (χ1) is 16.5. The van der Waals surface area contributed by atoms with Crippen molar-refractivity contribution in [2.75, 3.05) is 31.2 Å². The number of amides is 2. The Kier molecular flexibility index (Phi) is 6.04. The number of hydrogen-bond acceptors (Lipinski definition) is 7. The Bertz CT molecular complexity index is 1330. The third-order valence-corrected chi connectivity index (χ3v) is 6.78. The predicted octanol–water partition coefficient (Wildman–Crippen LogP) is 4.82. The van der Waals surface area contributed by atoms with Crippen molar-refractivity contribution in [3.05, 3.63) is 86.8 Å². The van der Waals surface area contributed by atoms with Crippen LogP contribution in [0.5, 0.6) is 0 Å². The fraction of sp³-hybridized carbons (Fsp3) is 0.200. The Hall–Kier alpha value is -3.69. The van der Waals surface area contributed by atoms with E-state index in [4.69, 9.17) is 4.74 Å². The summed E-state index contributed by atoms with van der Waals surface area (Å²) in [5.41, 5.74) is 1.84. The second-order valence-electron chi connectivity index (χ2n) is 8.05. The highest BCUT2D eigenvalue weighted by Gasteiger charge is 2.35. The maximum absolute atomic E-state index is 13.0. The number of thioether (sulfide) groups is 1. The Balaban J connectivity index is 1.38. The third-order valence-electron chi connectivity index (χ3n) is 5.87. The van der Waals surface area contributed by atoms with Gasteiger partial charge < -0.3 is 9.64 Å². The molecule has 0 atom stereocenters. The maximum atomic E-state index is 13.0. The molecule has 2 fully saturated rings. The molecule has 2 aliphatic rings. The molecule has 5 rings (SSSR count). The summed E-state index contributed by atoms with van der Waals surface area (Å²) in [6.45, 7) is 2.36. The monoisotopic (exact) mass is 475 g/mol. The number of carbonyl (C=O) groups is 2. The summed E-state index contributed by atoms with van der Waals surface area (Å²) >= 11 is 0.848. The van der Waals surface area contributed by atoms with E-state index in [-0.39, 0.29) is 22.4 Å². The highest BCUT2D eigenvalue weighted by molar-refractivity contribution is 8.18. The molecule has 0 spiro atoms. The molecule has 0 aliphatic carbocycles. The molecular formula is C25H21N3O5S. The maximum Gasteiger partial charge on any atom is 0.293 e. The van der Waals surface area contributed by atoms with Gasteiger partial charge in [-0.15, -0.1) is 0 Å². The lowest BCUT2D eigenvalue weighted by atomic mass is 10.1. The lowest BCUT2D eigenvalue weighted by Gasteiger charge is -2.28. The minimum Gasteiger partial charge on any atom is -0.378 e. The largest absolute Gasteiger partial charge is 0.378 e. The third kappa shape index (κ3) is 4.40. The van der Waals surface area contributed by atoms with E-state index in [1.54, 1.807) is 18.2 Å². The molecule has 172 valence electrons. The molecule has 0 bridgehead atoms. The molecular weight excluding hydrogens is 454 g/mol. The van der Waals surface area contributed by atoms with Crippen LogP contribution < -0.4 is 4.90 Å². The Morgan fingerprint density at radius 3 is 2.53 bits per heavy atom. The van der Waals surface area contributed by atoms with Crippen LogP contribution in [0.3, 0.4) is 0 Å². The molecule has 2 heterocycles. The molecule has 0 radical (unpaired) electrons. The van der Waals surface area contributed by atoms with Gasteiger partial charge in [-0.25, -0.2) is 0 Å². The fourth-order valence-electron chi connectivity index (χ4n) is 4.16. The molecule has 0 saturated carbocycles. The van der Waals surface area contributed by atoms with Gasteiger partial charge in [-0.3, -0.25) is 24.6 Å². The normalized spacial score (nSPS) is 17.7. The first-order valence-corrected chi connectivity index (χ1v) is 11.7. The number of rotatable bonds is 5. The Morgan fingerprint density at radius 1 is 1.00 bits per heavy atom. The van der Waals surface area contributed by atoms with Gasteiger partial charge in [-0.05, 0) is 51.9 Å². The molecule has 3 aromatic rings. The van der Waals surface area contributed by atoms with Gasteiger partial charge in [-0.1, -0.05) is 42.5 Å². The summed E-state index contributed by atoms with van der Waals surface area (Å²) in [7, 11) is 0. The number of nitro groups is 1. The molecule has 0 N–H and O–H groups in total. The summed E-state index contributed by atoms with van der Waals surface area (Å²) in [6, 6.07) is 18.6. The molecule has 2 aliphatic heterocycles. The Labute approximate surface area is 199 Å². The van der Waals surface area contributed by atoms with Crippen LogP contribution in [-0.2, 0) is 16.1 Å². The quantitative estimate of drug-likeness (QED) is 0.297. The van der Waals surface area contributed by atoms with E-state index in [0.29, 0.717) is 37.6 Å². The summed E-state index contributed by atoms with van der Waals surface area (Å²) < 4.78 is 5.33. The first kappa shape index (κ1) is 22.1. The summed E-state index contributed by atoms with van der Waals surface area (Å²) in [4.78, 5) is 40.2. The van der Waals surface area contributed by atoms with Gasteiger partial charge in [0, 0.05) is 19.2 Å². The van der Waals surface area contributed by atoms with E-state index < -0.39 is 10.8 Å². The lowest BCUT2D eigenvalue weighted by molar-refractivity contribution is -0.384. The molecule has 9 heteroatoms. The average Bonchev–Trinajstić information content (AvgIpc) is 3.11. The Morgan fingerprint density at radius 2 is 1.76 bits per heavy atom.